The maximum atomic E-state index is 13.0. The van der Waals surface area contributed by atoms with E-state index < -0.39 is 11.2 Å². The van der Waals surface area contributed by atoms with Crippen molar-refractivity contribution >= 4 is 19.4 Å². The molecular weight excluding hydrogens is 282 g/mol. The highest BCUT2D eigenvalue weighted by Crippen LogP contribution is 2.25. The van der Waals surface area contributed by atoms with Crippen LogP contribution >= 0.6 is 0 Å². The molecule has 0 bridgehead atoms. The van der Waals surface area contributed by atoms with Crippen LogP contribution in [0.15, 0.2) is 34.7 Å². The second-order valence-corrected chi connectivity index (χ2v) is 6.07. The zero-order chi connectivity index (χ0) is 17.0. The minimum atomic E-state index is -1.04. The maximum Gasteiger partial charge on any atom is 0.334 e. The molecule has 0 aromatic heterocycles. The number of nitrogens with zero attached hydrogens (tertiary/aromatic N) is 1. The number of halogens is 1. The molecule has 0 fully saturated rings. The fraction of sp³-hybridized carbons (Fsp3) is 0.438. The Morgan fingerprint density at radius 2 is 1.82 bits per heavy atom. The Hall–Kier alpha value is -1.66. The number of aliphatic hydroxyl groups is 1. The minimum absolute atomic E-state index is 0.328. The molecule has 1 rings (SSSR count). The van der Waals surface area contributed by atoms with Crippen LogP contribution < -0.4 is 5.73 Å². The predicted molar refractivity (Wildman–Crippen MR) is 89.1 cm³/mol. The van der Waals surface area contributed by atoms with Gasteiger partial charge in [0.05, 0.1) is 11.2 Å². The molecule has 119 valence electrons. The van der Waals surface area contributed by atoms with Crippen LogP contribution in [0.2, 0.25) is 0 Å². The van der Waals surface area contributed by atoms with Crippen molar-refractivity contribution in [3.05, 3.63) is 41.1 Å². The first-order valence-electron chi connectivity index (χ1n) is 7.00. The summed E-state index contributed by atoms with van der Waals surface area (Å²) in [6, 6.07) is 5.85. The van der Waals surface area contributed by atoms with E-state index in [2.05, 4.69) is 4.99 Å². The fourth-order valence-corrected chi connectivity index (χ4v) is 1.45. The van der Waals surface area contributed by atoms with Gasteiger partial charge in [0.2, 0.25) is 0 Å². The molecule has 1 radical (unpaired) electrons. The van der Waals surface area contributed by atoms with Crippen LogP contribution in [0.25, 0.3) is 5.70 Å². The predicted octanol–water partition coefficient (Wildman–Crippen LogP) is 2.34. The zero-order valence-electron chi connectivity index (χ0n) is 13.7. The summed E-state index contributed by atoms with van der Waals surface area (Å²) in [6.07, 6.45) is 1.55. The smallest absolute Gasteiger partial charge is 0.334 e. The molecule has 1 aromatic carbocycles. The van der Waals surface area contributed by atoms with Crippen molar-refractivity contribution in [1.82, 2.24) is 0 Å². The van der Waals surface area contributed by atoms with Gasteiger partial charge in [-0.2, -0.15) is 0 Å². The average Bonchev–Trinajstić information content (AvgIpc) is 2.42. The first-order valence-corrected chi connectivity index (χ1v) is 7.00. The molecule has 0 amide bonds. The van der Waals surface area contributed by atoms with Gasteiger partial charge in [0.1, 0.15) is 5.82 Å². The van der Waals surface area contributed by atoms with E-state index in [9.17, 15) is 9.50 Å². The molecule has 0 saturated heterocycles. The molecule has 0 aliphatic carbocycles. The highest BCUT2D eigenvalue weighted by atomic mass is 19.1. The van der Waals surface area contributed by atoms with Gasteiger partial charge in [-0.1, -0.05) is 12.1 Å². The van der Waals surface area contributed by atoms with Crippen molar-refractivity contribution in [2.45, 2.75) is 38.9 Å². The lowest BCUT2D eigenvalue weighted by atomic mass is 9.80. The van der Waals surface area contributed by atoms with Crippen molar-refractivity contribution in [2.24, 2.45) is 10.7 Å². The quantitative estimate of drug-likeness (QED) is 0.626. The van der Waals surface area contributed by atoms with Gasteiger partial charge in [0.25, 0.3) is 0 Å². The molecule has 22 heavy (non-hydrogen) atoms. The average molecular weight is 305 g/mol. The van der Waals surface area contributed by atoms with Crippen LogP contribution in [-0.2, 0) is 4.65 Å². The van der Waals surface area contributed by atoms with Crippen molar-refractivity contribution in [3.63, 3.8) is 0 Å². The summed E-state index contributed by atoms with van der Waals surface area (Å²) in [4.78, 5) is 3.95. The van der Waals surface area contributed by atoms with Gasteiger partial charge in [-0.3, -0.25) is 4.99 Å². The van der Waals surface area contributed by atoms with Crippen LogP contribution in [0.1, 0.15) is 33.3 Å². The summed E-state index contributed by atoms with van der Waals surface area (Å²) in [5.41, 5.74) is 5.88. The summed E-state index contributed by atoms with van der Waals surface area (Å²) >= 11 is 0. The van der Waals surface area contributed by atoms with E-state index in [1.165, 1.54) is 19.6 Å². The third kappa shape index (κ3) is 4.68. The number of hydrogen-bond acceptors (Lipinski definition) is 4. The Labute approximate surface area is 132 Å². The number of aliphatic imine (C=N–C) groups is 1. The van der Waals surface area contributed by atoms with Crippen LogP contribution in [-0.4, -0.2) is 37.1 Å². The fourth-order valence-electron chi connectivity index (χ4n) is 1.45. The molecular formula is C16H23BFN2O2. The first-order chi connectivity index (χ1) is 10.1. The van der Waals surface area contributed by atoms with Crippen molar-refractivity contribution < 1.29 is 14.2 Å². The van der Waals surface area contributed by atoms with Gasteiger partial charge in [-0.15, -0.1) is 0 Å². The molecule has 6 heteroatoms. The number of allylic oxidation sites excluding steroid dienone is 1. The van der Waals surface area contributed by atoms with E-state index in [-0.39, 0.29) is 5.82 Å². The Balaban J connectivity index is 3.03. The SMILES string of the molecule is CN=CC([B]OC(C)(C)C(C)(C)O)=C(N)c1ccc(F)cc1. The summed E-state index contributed by atoms with van der Waals surface area (Å²) in [5, 5.41) is 10.1. The molecule has 4 nitrogen and oxygen atoms in total. The van der Waals surface area contributed by atoms with E-state index >= 15 is 0 Å². The first kappa shape index (κ1) is 18.4. The molecule has 0 heterocycles. The summed E-state index contributed by atoms with van der Waals surface area (Å²) in [7, 11) is 3.08. The Morgan fingerprint density at radius 3 is 2.27 bits per heavy atom. The molecule has 0 unspecified atom stereocenters. The van der Waals surface area contributed by atoms with Crippen LogP contribution in [0.4, 0.5) is 4.39 Å². The largest absolute Gasteiger partial charge is 0.426 e. The normalized spacial score (nSPS) is 14.1. The highest BCUT2D eigenvalue weighted by molar-refractivity contribution is 6.48. The molecule has 1 aromatic rings. The van der Waals surface area contributed by atoms with E-state index in [1.54, 1.807) is 53.1 Å². The van der Waals surface area contributed by atoms with Crippen molar-refractivity contribution in [2.75, 3.05) is 7.05 Å². The number of hydrogen-bond donors (Lipinski definition) is 2. The monoisotopic (exact) mass is 305 g/mol. The topological polar surface area (TPSA) is 67.8 Å². The van der Waals surface area contributed by atoms with Gasteiger partial charge >= 0.3 is 7.48 Å². The molecule has 0 spiro atoms. The van der Waals surface area contributed by atoms with E-state index in [0.717, 1.165) is 0 Å². The minimum Gasteiger partial charge on any atom is -0.426 e. The lowest BCUT2D eigenvalue weighted by molar-refractivity contribution is -0.0895. The maximum absolute atomic E-state index is 13.0. The molecule has 0 aliphatic heterocycles. The van der Waals surface area contributed by atoms with E-state index in [0.29, 0.717) is 16.7 Å². The number of nitrogens with two attached hydrogens (primary N) is 1. The van der Waals surface area contributed by atoms with Gasteiger partial charge < -0.3 is 15.5 Å². The Kier molecular flexibility index (Phi) is 5.91. The highest BCUT2D eigenvalue weighted by Gasteiger charge is 2.36. The Bertz CT molecular complexity index is 561. The molecule has 3 N–H and O–H groups in total. The number of benzene rings is 1. The standard InChI is InChI=1S/C16H23BFN2O2/c1-15(2,21)16(3,4)22-17-13(10-20-5)14(19)11-6-8-12(18)9-7-11/h6-10,21H,19H2,1-5H3. The molecule has 0 saturated carbocycles. The van der Waals surface area contributed by atoms with E-state index in [1.807, 2.05) is 0 Å². The lowest BCUT2D eigenvalue weighted by Crippen LogP contribution is -2.48. The van der Waals surface area contributed by atoms with Crippen LogP contribution in [0, 0.1) is 5.82 Å². The second kappa shape index (κ2) is 7.07. The van der Waals surface area contributed by atoms with Crippen molar-refractivity contribution in [1.29, 1.82) is 0 Å². The van der Waals surface area contributed by atoms with Gasteiger partial charge in [0, 0.05) is 19.0 Å². The summed E-state index contributed by atoms with van der Waals surface area (Å²) < 4.78 is 18.7. The molecule has 0 aliphatic rings. The summed E-state index contributed by atoms with van der Waals surface area (Å²) in [6.45, 7) is 6.89. The van der Waals surface area contributed by atoms with Gasteiger partial charge in [-0.25, -0.2) is 4.39 Å². The molecule has 0 atom stereocenters. The van der Waals surface area contributed by atoms with Crippen LogP contribution in [0.3, 0.4) is 0 Å². The third-order valence-corrected chi connectivity index (χ3v) is 3.69. The second-order valence-electron chi connectivity index (χ2n) is 6.07. The number of rotatable bonds is 6. The van der Waals surface area contributed by atoms with E-state index in [4.69, 9.17) is 10.4 Å². The zero-order valence-corrected chi connectivity index (χ0v) is 13.7. The lowest BCUT2D eigenvalue weighted by Gasteiger charge is -2.37. The Morgan fingerprint density at radius 1 is 1.27 bits per heavy atom. The summed E-state index contributed by atoms with van der Waals surface area (Å²) in [5.74, 6) is -0.328. The third-order valence-electron chi connectivity index (χ3n) is 3.69. The van der Waals surface area contributed by atoms with Gasteiger partial charge in [-0.05, 0) is 50.9 Å². The van der Waals surface area contributed by atoms with Crippen molar-refractivity contribution in [3.8, 4) is 0 Å². The van der Waals surface area contributed by atoms with Gasteiger partial charge in [0.15, 0.2) is 0 Å². The van der Waals surface area contributed by atoms with Crippen LogP contribution in [0.5, 0.6) is 0 Å².